The first-order valence-corrected chi connectivity index (χ1v) is 5.57. The maximum atomic E-state index is 13.4. The Balaban J connectivity index is 0.00000162. The first-order valence-electron chi connectivity index (χ1n) is 5.57. The second kappa shape index (κ2) is 6.11. The minimum absolute atomic E-state index is 0. The lowest BCUT2D eigenvalue weighted by Gasteiger charge is -2.05. The maximum absolute atomic E-state index is 13.4. The molecule has 1 saturated carbocycles. The van der Waals surface area contributed by atoms with Crippen molar-refractivity contribution in [2.24, 2.45) is 11.7 Å². The van der Waals surface area contributed by atoms with Gasteiger partial charge in [-0.3, -0.25) is 4.79 Å². The Labute approximate surface area is 110 Å². The molecule has 0 spiro atoms. The van der Waals surface area contributed by atoms with Crippen LogP contribution in [-0.2, 0) is 4.79 Å². The molecule has 0 radical (unpaired) electrons. The molecule has 1 aliphatic carbocycles. The molecule has 3 N–H and O–H groups in total. The van der Waals surface area contributed by atoms with Crippen LogP contribution in [0.2, 0.25) is 0 Å². The number of carbonyl (C=O) groups excluding carboxylic acids is 1. The van der Waals surface area contributed by atoms with E-state index in [1.165, 1.54) is 18.2 Å². The predicted octanol–water partition coefficient (Wildman–Crippen LogP) is 1.57. The summed E-state index contributed by atoms with van der Waals surface area (Å²) in [4.78, 5) is 11.6. The Morgan fingerprint density at radius 3 is 2.56 bits per heavy atom. The topological polar surface area (TPSA) is 55.1 Å². The first kappa shape index (κ1) is 14.9. The number of halogens is 3. The van der Waals surface area contributed by atoms with E-state index in [1.807, 2.05) is 0 Å². The van der Waals surface area contributed by atoms with Crippen molar-refractivity contribution in [2.75, 3.05) is 13.1 Å². The molecule has 0 heterocycles. The Morgan fingerprint density at radius 1 is 1.39 bits per heavy atom. The van der Waals surface area contributed by atoms with Gasteiger partial charge < -0.3 is 11.1 Å². The highest BCUT2D eigenvalue weighted by atomic mass is 35.5. The van der Waals surface area contributed by atoms with Crippen molar-refractivity contribution >= 4 is 18.3 Å². The summed E-state index contributed by atoms with van der Waals surface area (Å²) >= 11 is 0. The number of nitrogens with two attached hydrogens (primary N) is 1. The van der Waals surface area contributed by atoms with Gasteiger partial charge in [-0.25, -0.2) is 8.78 Å². The molecule has 0 bridgehead atoms. The van der Waals surface area contributed by atoms with E-state index in [0.717, 1.165) is 0 Å². The minimum Gasteiger partial charge on any atom is -0.355 e. The molecular formula is C12H15ClF2N2O. The van der Waals surface area contributed by atoms with Crippen LogP contribution in [0.1, 0.15) is 17.9 Å². The van der Waals surface area contributed by atoms with Gasteiger partial charge >= 0.3 is 0 Å². The highest BCUT2D eigenvalue weighted by Gasteiger charge is 2.46. The van der Waals surface area contributed by atoms with Crippen LogP contribution in [0.3, 0.4) is 0 Å². The standard InChI is InChI=1S/C12H14F2N2O.ClH/c13-9-2-1-3-10(14)11(9)7-6-8(7)12(17)16-5-4-15;/h1-3,7-8H,4-6,15H2,(H,16,17);1H. The molecule has 0 saturated heterocycles. The highest BCUT2D eigenvalue weighted by molar-refractivity contribution is 5.85. The van der Waals surface area contributed by atoms with E-state index in [-0.39, 0.29) is 35.7 Å². The number of carbonyl (C=O) groups is 1. The Hall–Kier alpha value is -1.20. The average Bonchev–Trinajstić information content (AvgIpc) is 3.06. The van der Waals surface area contributed by atoms with Gasteiger partial charge in [-0.2, -0.15) is 0 Å². The number of hydrogen-bond donors (Lipinski definition) is 2. The zero-order valence-corrected chi connectivity index (χ0v) is 10.5. The summed E-state index contributed by atoms with van der Waals surface area (Å²) in [5.41, 5.74) is 5.28. The van der Waals surface area contributed by atoms with Crippen LogP contribution in [0.15, 0.2) is 18.2 Å². The molecular weight excluding hydrogens is 262 g/mol. The monoisotopic (exact) mass is 276 g/mol. The van der Waals surface area contributed by atoms with Gasteiger partial charge in [0.2, 0.25) is 5.91 Å². The minimum atomic E-state index is -0.580. The molecule has 1 aromatic rings. The number of rotatable bonds is 4. The highest BCUT2D eigenvalue weighted by Crippen LogP contribution is 2.49. The van der Waals surface area contributed by atoms with Gasteiger partial charge in [-0.15, -0.1) is 12.4 Å². The smallest absolute Gasteiger partial charge is 0.223 e. The number of benzene rings is 1. The normalized spacial score (nSPS) is 21.1. The molecule has 1 aliphatic rings. The molecule has 1 aromatic carbocycles. The molecule has 1 fully saturated rings. The number of nitrogens with one attached hydrogen (secondary N) is 1. The Kier molecular flexibility index (Phi) is 5.04. The summed E-state index contributed by atoms with van der Waals surface area (Å²) in [7, 11) is 0. The molecule has 3 nitrogen and oxygen atoms in total. The van der Waals surface area contributed by atoms with Crippen molar-refractivity contribution in [1.82, 2.24) is 5.32 Å². The van der Waals surface area contributed by atoms with Crippen LogP contribution in [0.5, 0.6) is 0 Å². The SMILES string of the molecule is Cl.NCCNC(=O)C1CC1c1c(F)cccc1F. The van der Waals surface area contributed by atoms with Gasteiger partial charge in [0.1, 0.15) is 11.6 Å². The molecule has 2 unspecified atom stereocenters. The van der Waals surface area contributed by atoms with Crippen molar-refractivity contribution in [3.8, 4) is 0 Å². The van der Waals surface area contributed by atoms with Gasteiger partial charge in [0.05, 0.1) is 0 Å². The third-order valence-corrected chi connectivity index (χ3v) is 2.94. The van der Waals surface area contributed by atoms with Crippen LogP contribution < -0.4 is 11.1 Å². The predicted molar refractivity (Wildman–Crippen MR) is 66.5 cm³/mol. The van der Waals surface area contributed by atoms with Crippen LogP contribution in [0, 0.1) is 17.6 Å². The third-order valence-electron chi connectivity index (χ3n) is 2.94. The average molecular weight is 277 g/mol. The van der Waals surface area contributed by atoms with Crippen LogP contribution >= 0.6 is 12.4 Å². The summed E-state index contributed by atoms with van der Waals surface area (Å²) in [6.07, 6.45) is 0.494. The van der Waals surface area contributed by atoms with E-state index < -0.39 is 11.6 Å². The van der Waals surface area contributed by atoms with E-state index in [4.69, 9.17) is 5.73 Å². The molecule has 0 aromatic heterocycles. The largest absolute Gasteiger partial charge is 0.355 e. The van der Waals surface area contributed by atoms with Gasteiger partial charge in [0.15, 0.2) is 0 Å². The second-order valence-corrected chi connectivity index (χ2v) is 4.16. The summed E-state index contributed by atoms with van der Waals surface area (Å²) in [6, 6.07) is 3.75. The van der Waals surface area contributed by atoms with Gasteiger partial charge in [0, 0.05) is 30.5 Å². The van der Waals surface area contributed by atoms with Crippen molar-refractivity contribution in [2.45, 2.75) is 12.3 Å². The number of amides is 1. The lowest BCUT2D eigenvalue weighted by Crippen LogP contribution is -2.30. The van der Waals surface area contributed by atoms with E-state index in [9.17, 15) is 13.6 Å². The first-order chi connectivity index (χ1) is 8.15. The van der Waals surface area contributed by atoms with Crippen molar-refractivity contribution in [3.05, 3.63) is 35.4 Å². The quantitative estimate of drug-likeness (QED) is 0.877. The van der Waals surface area contributed by atoms with Gasteiger partial charge in [0.25, 0.3) is 0 Å². The Morgan fingerprint density at radius 2 is 2.00 bits per heavy atom. The maximum Gasteiger partial charge on any atom is 0.223 e. The van der Waals surface area contributed by atoms with Gasteiger partial charge in [-0.05, 0) is 18.6 Å². The van der Waals surface area contributed by atoms with Crippen molar-refractivity contribution in [1.29, 1.82) is 0 Å². The van der Waals surface area contributed by atoms with E-state index in [1.54, 1.807) is 0 Å². The molecule has 2 rings (SSSR count). The van der Waals surface area contributed by atoms with Crippen molar-refractivity contribution in [3.63, 3.8) is 0 Å². The second-order valence-electron chi connectivity index (χ2n) is 4.16. The van der Waals surface area contributed by atoms with Gasteiger partial charge in [-0.1, -0.05) is 6.07 Å². The fourth-order valence-corrected chi connectivity index (χ4v) is 2.00. The van der Waals surface area contributed by atoms with Crippen LogP contribution in [0.25, 0.3) is 0 Å². The fraction of sp³-hybridized carbons (Fsp3) is 0.417. The molecule has 1 amide bonds. The van der Waals surface area contributed by atoms with E-state index in [2.05, 4.69) is 5.32 Å². The van der Waals surface area contributed by atoms with Crippen LogP contribution in [-0.4, -0.2) is 19.0 Å². The zero-order valence-electron chi connectivity index (χ0n) is 9.66. The summed E-state index contributed by atoms with van der Waals surface area (Å²) in [6.45, 7) is 0.749. The summed E-state index contributed by atoms with van der Waals surface area (Å²) in [5.74, 6) is -2.00. The van der Waals surface area contributed by atoms with Crippen molar-refractivity contribution < 1.29 is 13.6 Å². The Bertz CT molecular complexity index is 422. The fourth-order valence-electron chi connectivity index (χ4n) is 2.00. The summed E-state index contributed by atoms with van der Waals surface area (Å²) < 4.78 is 26.9. The van der Waals surface area contributed by atoms with E-state index >= 15 is 0 Å². The molecule has 0 aliphatic heterocycles. The van der Waals surface area contributed by atoms with Crippen LogP contribution in [0.4, 0.5) is 8.78 Å². The third kappa shape index (κ3) is 2.97. The summed E-state index contributed by atoms with van der Waals surface area (Å²) in [5, 5.41) is 2.62. The molecule has 2 atom stereocenters. The van der Waals surface area contributed by atoms with E-state index in [0.29, 0.717) is 19.5 Å². The number of hydrogen-bond acceptors (Lipinski definition) is 2. The molecule has 100 valence electrons. The lowest BCUT2D eigenvalue weighted by atomic mass is 10.1. The lowest BCUT2D eigenvalue weighted by molar-refractivity contribution is -0.122. The zero-order chi connectivity index (χ0) is 12.4. The molecule has 18 heavy (non-hydrogen) atoms. The molecule has 6 heteroatoms.